The van der Waals surface area contributed by atoms with E-state index >= 15 is 0 Å². The Morgan fingerprint density at radius 1 is 1.56 bits per heavy atom. The smallest absolute Gasteiger partial charge is 0.328 e. The van der Waals surface area contributed by atoms with Gasteiger partial charge in [-0.2, -0.15) is 0 Å². The standard InChI is InChI=1S/C10H15N3O3/c11-4-7-5-13(10(15)12-9(7)14)8-2-1-3-16-6-8/h5,8H,1-4,6,11H2,(H,12,14,15). The number of H-pyrrole nitrogens is 1. The van der Waals surface area contributed by atoms with Crippen molar-refractivity contribution in [1.29, 1.82) is 0 Å². The van der Waals surface area contributed by atoms with Crippen LogP contribution < -0.4 is 17.0 Å². The first-order valence-corrected chi connectivity index (χ1v) is 5.34. The normalized spacial score (nSPS) is 20.9. The van der Waals surface area contributed by atoms with Crippen molar-refractivity contribution in [2.75, 3.05) is 13.2 Å². The average molecular weight is 225 g/mol. The van der Waals surface area contributed by atoms with Crippen LogP contribution in [0.25, 0.3) is 0 Å². The van der Waals surface area contributed by atoms with Crippen molar-refractivity contribution in [3.63, 3.8) is 0 Å². The maximum atomic E-state index is 11.6. The van der Waals surface area contributed by atoms with Gasteiger partial charge in [-0.15, -0.1) is 0 Å². The number of ether oxygens (including phenoxy) is 1. The number of hydrogen-bond acceptors (Lipinski definition) is 4. The zero-order chi connectivity index (χ0) is 11.5. The van der Waals surface area contributed by atoms with E-state index in [0.29, 0.717) is 12.2 Å². The Bertz CT molecular complexity index is 471. The summed E-state index contributed by atoms with van der Waals surface area (Å²) in [6, 6.07) is 0.00315. The minimum absolute atomic E-state index is 0.00315. The molecule has 6 heteroatoms. The highest BCUT2D eigenvalue weighted by molar-refractivity contribution is 5.04. The molecule has 1 aromatic heterocycles. The third-order valence-corrected chi connectivity index (χ3v) is 2.79. The number of nitrogens with zero attached hydrogens (tertiary/aromatic N) is 1. The number of aromatic amines is 1. The molecule has 2 rings (SSSR count). The van der Waals surface area contributed by atoms with Gasteiger partial charge in [0.25, 0.3) is 5.56 Å². The fourth-order valence-electron chi connectivity index (χ4n) is 1.89. The molecule has 0 spiro atoms. The summed E-state index contributed by atoms with van der Waals surface area (Å²) in [5.74, 6) is 0. The van der Waals surface area contributed by atoms with Gasteiger partial charge in [-0.25, -0.2) is 4.79 Å². The summed E-state index contributed by atoms with van der Waals surface area (Å²) in [5.41, 5.74) is 5.06. The molecule has 0 saturated carbocycles. The van der Waals surface area contributed by atoms with E-state index in [1.807, 2.05) is 0 Å². The van der Waals surface area contributed by atoms with Crippen molar-refractivity contribution in [2.45, 2.75) is 25.4 Å². The Labute approximate surface area is 92.0 Å². The van der Waals surface area contributed by atoms with Crippen LogP contribution >= 0.6 is 0 Å². The minimum Gasteiger partial charge on any atom is -0.379 e. The second kappa shape index (κ2) is 4.63. The lowest BCUT2D eigenvalue weighted by Crippen LogP contribution is -2.37. The summed E-state index contributed by atoms with van der Waals surface area (Å²) in [6.45, 7) is 1.37. The molecule has 0 radical (unpaired) electrons. The molecule has 1 atom stereocenters. The predicted molar refractivity (Wildman–Crippen MR) is 58.3 cm³/mol. The molecular weight excluding hydrogens is 210 g/mol. The molecule has 1 unspecified atom stereocenters. The quantitative estimate of drug-likeness (QED) is 0.699. The molecule has 1 saturated heterocycles. The van der Waals surface area contributed by atoms with E-state index in [1.165, 1.54) is 4.57 Å². The van der Waals surface area contributed by atoms with Crippen LogP contribution in [0.4, 0.5) is 0 Å². The lowest BCUT2D eigenvalue weighted by molar-refractivity contribution is 0.0574. The van der Waals surface area contributed by atoms with E-state index in [2.05, 4.69) is 4.98 Å². The van der Waals surface area contributed by atoms with Crippen molar-refractivity contribution < 1.29 is 4.74 Å². The van der Waals surface area contributed by atoms with Crippen molar-refractivity contribution in [3.8, 4) is 0 Å². The van der Waals surface area contributed by atoms with Gasteiger partial charge in [-0.3, -0.25) is 14.3 Å². The lowest BCUT2D eigenvalue weighted by atomic mass is 10.1. The molecule has 1 fully saturated rings. The molecular formula is C10H15N3O3. The highest BCUT2D eigenvalue weighted by Crippen LogP contribution is 2.16. The zero-order valence-corrected chi connectivity index (χ0v) is 8.94. The Morgan fingerprint density at radius 3 is 3.00 bits per heavy atom. The third kappa shape index (κ3) is 2.07. The van der Waals surface area contributed by atoms with Crippen molar-refractivity contribution >= 4 is 0 Å². The fourth-order valence-corrected chi connectivity index (χ4v) is 1.89. The van der Waals surface area contributed by atoms with E-state index in [0.717, 1.165) is 19.4 Å². The summed E-state index contributed by atoms with van der Waals surface area (Å²) in [7, 11) is 0. The summed E-state index contributed by atoms with van der Waals surface area (Å²) in [5, 5.41) is 0. The van der Waals surface area contributed by atoms with Crippen molar-refractivity contribution in [2.24, 2.45) is 5.73 Å². The predicted octanol–water partition coefficient (Wildman–Crippen LogP) is -0.653. The third-order valence-electron chi connectivity index (χ3n) is 2.79. The van der Waals surface area contributed by atoms with Crippen LogP contribution in [0.5, 0.6) is 0 Å². The zero-order valence-electron chi connectivity index (χ0n) is 8.94. The van der Waals surface area contributed by atoms with Crippen LogP contribution in [-0.2, 0) is 11.3 Å². The number of nitrogens with two attached hydrogens (primary N) is 1. The summed E-state index contributed by atoms with van der Waals surface area (Å²) in [4.78, 5) is 25.2. The Morgan fingerprint density at radius 2 is 2.38 bits per heavy atom. The lowest BCUT2D eigenvalue weighted by Gasteiger charge is -2.24. The maximum absolute atomic E-state index is 11.6. The Balaban J connectivity index is 2.39. The van der Waals surface area contributed by atoms with E-state index in [9.17, 15) is 9.59 Å². The second-order valence-electron chi connectivity index (χ2n) is 3.90. The average Bonchev–Trinajstić information content (AvgIpc) is 2.30. The fraction of sp³-hybridized carbons (Fsp3) is 0.600. The molecule has 0 amide bonds. The van der Waals surface area contributed by atoms with Crippen molar-refractivity contribution in [1.82, 2.24) is 9.55 Å². The van der Waals surface area contributed by atoms with Crippen LogP contribution in [-0.4, -0.2) is 22.8 Å². The summed E-state index contributed by atoms with van der Waals surface area (Å²) in [6.07, 6.45) is 3.35. The molecule has 16 heavy (non-hydrogen) atoms. The monoisotopic (exact) mass is 225 g/mol. The van der Waals surface area contributed by atoms with Gasteiger partial charge in [0.2, 0.25) is 0 Å². The summed E-state index contributed by atoms with van der Waals surface area (Å²) >= 11 is 0. The topological polar surface area (TPSA) is 90.1 Å². The Kier molecular flexibility index (Phi) is 3.21. The van der Waals surface area contributed by atoms with Crippen LogP contribution in [0.3, 0.4) is 0 Å². The van der Waals surface area contributed by atoms with Gasteiger partial charge in [0.15, 0.2) is 0 Å². The van der Waals surface area contributed by atoms with Crippen LogP contribution in [0.2, 0.25) is 0 Å². The first kappa shape index (κ1) is 11.1. The highest BCUT2D eigenvalue weighted by atomic mass is 16.5. The van der Waals surface area contributed by atoms with Gasteiger partial charge in [-0.1, -0.05) is 0 Å². The van der Waals surface area contributed by atoms with Gasteiger partial charge in [0, 0.05) is 24.9 Å². The molecule has 3 N–H and O–H groups in total. The molecule has 1 aromatic rings. The van der Waals surface area contributed by atoms with E-state index in [4.69, 9.17) is 10.5 Å². The largest absolute Gasteiger partial charge is 0.379 e. The molecule has 1 aliphatic rings. The number of nitrogens with one attached hydrogen (secondary N) is 1. The highest BCUT2D eigenvalue weighted by Gasteiger charge is 2.17. The van der Waals surface area contributed by atoms with Crippen LogP contribution in [0.1, 0.15) is 24.4 Å². The van der Waals surface area contributed by atoms with E-state index in [-0.39, 0.29) is 12.6 Å². The number of rotatable bonds is 2. The first-order chi connectivity index (χ1) is 7.72. The molecule has 6 nitrogen and oxygen atoms in total. The molecule has 88 valence electrons. The molecule has 0 bridgehead atoms. The maximum Gasteiger partial charge on any atom is 0.328 e. The van der Waals surface area contributed by atoms with Crippen LogP contribution in [0.15, 0.2) is 15.8 Å². The van der Waals surface area contributed by atoms with Crippen LogP contribution in [0, 0.1) is 0 Å². The second-order valence-corrected chi connectivity index (χ2v) is 3.90. The first-order valence-electron chi connectivity index (χ1n) is 5.34. The van der Waals surface area contributed by atoms with Gasteiger partial charge >= 0.3 is 5.69 Å². The molecule has 1 aliphatic heterocycles. The van der Waals surface area contributed by atoms with Gasteiger partial charge in [0.1, 0.15) is 0 Å². The number of hydrogen-bond donors (Lipinski definition) is 2. The van der Waals surface area contributed by atoms with Crippen molar-refractivity contribution in [3.05, 3.63) is 32.6 Å². The van der Waals surface area contributed by atoms with Gasteiger partial charge in [-0.05, 0) is 12.8 Å². The Hall–Kier alpha value is -1.40. The number of aromatic nitrogens is 2. The van der Waals surface area contributed by atoms with E-state index in [1.54, 1.807) is 6.20 Å². The SMILES string of the molecule is NCc1cn(C2CCCOC2)c(=O)[nH]c1=O. The molecule has 0 aliphatic carbocycles. The van der Waals surface area contributed by atoms with E-state index < -0.39 is 11.2 Å². The van der Waals surface area contributed by atoms with Gasteiger partial charge in [0.05, 0.1) is 12.6 Å². The summed E-state index contributed by atoms with van der Waals surface area (Å²) < 4.78 is 6.83. The molecule has 2 heterocycles. The molecule has 0 aromatic carbocycles. The van der Waals surface area contributed by atoms with Gasteiger partial charge < -0.3 is 10.5 Å². The minimum atomic E-state index is -0.402.